The number of benzene rings is 2. The summed E-state index contributed by atoms with van der Waals surface area (Å²) < 4.78 is 288. The van der Waals surface area contributed by atoms with Crippen molar-refractivity contribution in [2.75, 3.05) is 13.2 Å². The molecule has 0 radical (unpaired) electrons. The smallest absolute Gasteiger partial charge is 0.453 e. The first-order valence-corrected chi connectivity index (χ1v) is 11.6. The second kappa shape index (κ2) is 13.7. The van der Waals surface area contributed by atoms with Gasteiger partial charge in [-0.15, -0.1) is 0 Å². The maximum Gasteiger partial charge on any atom is 0.453 e. The van der Waals surface area contributed by atoms with E-state index in [0.717, 1.165) is 0 Å². The van der Waals surface area contributed by atoms with E-state index < -0.39 is 119 Å². The Labute approximate surface area is 256 Å². The third-order valence-electron chi connectivity index (χ3n) is 5.18. The largest absolute Gasteiger partial charge is 0.478 e. The van der Waals surface area contributed by atoms with Crippen LogP contribution in [0.2, 0.25) is 0 Å². The minimum atomic E-state index is -7.44. The zero-order valence-electron chi connectivity index (χ0n) is 22.6. The predicted octanol–water partition coefficient (Wildman–Crippen LogP) is 9.15. The molecule has 0 saturated heterocycles. The zero-order valence-corrected chi connectivity index (χ0v) is 22.6. The first-order chi connectivity index (χ1) is 22.0. The van der Waals surface area contributed by atoms with Crippen LogP contribution in [-0.4, -0.2) is 49.9 Å². The Morgan fingerprint density at radius 1 is 0.388 bits per heavy atom. The fraction of sp³-hybridized carbons (Fsp3) is 0.333. The van der Waals surface area contributed by atoms with Gasteiger partial charge in [0.1, 0.15) is 0 Å². The van der Waals surface area contributed by atoms with E-state index in [1.165, 1.54) is 0 Å². The highest BCUT2D eigenvalue weighted by Crippen LogP contribution is 2.49. The van der Waals surface area contributed by atoms with Crippen molar-refractivity contribution < 1.29 is 111 Å². The molecule has 0 N–H and O–H groups in total. The molecule has 25 heteroatoms. The third kappa shape index (κ3) is 8.42. The van der Waals surface area contributed by atoms with E-state index >= 15 is 0 Å². The third-order valence-corrected chi connectivity index (χ3v) is 5.18. The van der Waals surface area contributed by atoms with Crippen LogP contribution in [0.15, 0.2) is 13.2 Å². The second-order valence-corrected chi connectivity index (χ2v) is 8.63. The number of rotatable bonds is 16. The Bertz CT molecular complexity index is 1420. The van der Waals surface area contributed by atoms with Gasteiger partial charge in [0.15, 0.2) is 48.0 Å². The van der Waals surface area contributed by atoms with E-state index in [9.17, 15) is 87.8 Å². The lowest BCUT2D eigenvalue weighted by Crippen LogP contribution is -2.58. The van der Waals surface area contributed by atoms with Crippen molar-refractivity contribution >= 4 is 12.2 Å². The van der Waals surface area contributed by atoms with Gasteiger partial charge in [-0.2, -0.15) is 70.2 Å². The van der Waals surface area contributed by atoms with Crippen molar-refractivity contribution in [1.82, 2.24) is 0 Å². The Morgan fingerprint density at radius 2 is 0.612 bits per heavy atom. The topological polar surface area (TPSA) is 46.2 Å². The zero-order chi connectivity index (χ0) is 38.3. The number of halogens is 20. The number of ether oxygens (including phenoxy) is 5. The summed E-state index contributed by atoms with van der Waals surface area (Å²) in [5.74, 6) is -24.9. The molecule has 0 unspecified atom stereocenters. The average Bonchev–Trinajstić information content (AvgIpc) is 2.94. The van der Waals surface area contributed by atoms with Crippen LogP contribution in [-0.2, 0) is 14.2 Å². The number of hydrogen-bond acceptors (Lipinski definition) is 5. The van der Waals surface area contributed by atoms with E-state index in [2.05, 4.69) is 32.1 Å². The molecule has 0 amide bonds. The van der Waals surface area contributed by atoms with Crippen LogP contribution in [0, 0.1) is 46.5 Å². The first-order valence-electron chi connectivity index (χ1n) is 11.6. The summed E-state index contributed by atoms with van der Waals surface area (Å²) in [5.41, 5.74) is -3.10. The average molecular weight is 758 g/mol. The summed E-state index contributed by atoms with van der Waals surface area (Å²) >= 11 is 0. The lowest BCUT2D eigenvalue weighted by Gasteiger charge is -2.34. The van der Waals surface area contributed by atoms with Crippen molar-refractivity contribution in [3.05, 3.63) is 70.8 Å². The van der Waals surface area contributed by atoms with E-state index in [0.29, 0.717) is 0 Å². The Morgan fingerprint density at radius 3 is 0.837 bits per heavy atom. The predicted molar refractivity (Wildman–Crippen MR) is 117 cm³/mol. The van der Waals surface area contributed by atoms with Gasteiger partial charge >= 0.3 is 36.7 Å². The van der Waals surface area contributed by atoms with Crippen LogP contribution in [0.5, 0.6) is 11.5 Å². The molecule has 0 aliphatic rings. The molecule has 5 nitrogen and oxygen atoms in total. The van der Waals surface area contributed by atoms with Gasteiger partial charge in [-0.05, 0) is 0 Å². The van der Waals surface area contributed by atoms with Gasteiger partial charge in [-0.3, -0.25) is 0 Å². The van der Waals surface area contributed by atoms with Gasteiger partial charge < -0.3 is 9.47 Å². The summed E-state index contributed by atoms with van der Waals surface area (Å²) in [4.78, 5) is 0. The molecule has 0 aliphatic heterocycles. The van der Waals surface area contributed by atoms with Crippen LogP contribution >= 0.6 is 0 Å². The highest BCUT2D eigenvalue weighted by Gasteiger charge is 2.74. The standard InChI is InChI=1S/C24H10F20O5/c1-3-7-9(25)13(29)17(14(30)10(7)26)45-5-19(33,34)47-21(37,38)23(41,42)49-24(43,44)22(39,40)48-20(35,36)6-46-18-15(31)11(27)8(4-2)12(28)16(18)32/h3-4H,1-2,5-6H2. The van der Waals surface area contributed by atoms with Gasteiger partial charge in [-0.1, -0.05) is 25.3 Å². The molecule has 0 heterocycles. The minimum absolute atomic E-state index is 0.163. The Balaban J connectivity index is 2.22. The Kier molecular flexibility index (Phi) is 11.5. The lowest BCUT2D eigenvalue weighted by atomic mass is 10.1. The van der Waals surface area contributed by atoms with Gasteiger partial charge in [0.05, 0.1) is 11.1 Å². The van der Waals surface area contributed by atoms with Crippen LogP contribution in [0.3, 0.4) is 0 Å². The van der Waals surface area contributed by atoms with E-state index in [-0.39, 0.29) is 12.2 Å². The molecule has 2 aromatic carbocycles. The van der Waals surface area contributed by atoms with Gasteiger partial charge in [-0.25, -0.2) is 31.8 Å². The molecule has 2 aromatic rings. The highest BCUT2D eigenvalue weighted by atomic mass is 19.4. The molecule has 2 rings (SSSR count). The van der Waals surface area contributed by atoms with Gasteiger partial charge in [0, 0.05) is 0 Å². The summed E-state index contributed by atoms with van der Waals surface area (Å²) in [7, 11) is 0. The van der Waals surface area contributed by atoms with Crippen molar-refractivity contribution in [2.45, 2.75) is 36.7 Å². The molecule has 0 aromatic heterocycles. The summed E-state index contributed by atoms with van der Waals surface area (Å²) in [6.07, 6.45) is -41.2. The van der Waals surface area contributed by atoms with E-state index in [4.69, 9.17) is 0 Å². The summed E-state index contributed by atoms with van der Waals surface area (Å²) in [6, 6.07) is 0. The van der Waals surface area contributed by atoms with Crippen LogP contribution in [0.1, 0.15) is 11.1 Å². The molecule has 0 saturated carbocycles. The van der Waals surface area contributed by atoms with Gasteiger partial charge in [0.2, 0.25) is 23.3 Å². The number of alkyl halides is 12. The quantitative estimate of drug-likeness (QED) is 0.126. The van der Waals surface area contributed by atoms with E-state index in [1.54, 1.807) is 4.74 Å². The number of hydrogen-bond donors (Lipinski definition) is 0. The molecule has 49 heavy (non-hydrogen) atoms. The molecule has 0 fully saturated rings. The monoisotopic (exact) mass is 758 g/mol. The molecule has 0 spiro atoms. The molecule has 0 bridgehead atoms. The van der Waals surface area contributed by atoms with Crippen molar-refractivity contribution in [3.8, 4) is 11.5 Å². The SMILES string of the molecule is C=Cc1c(F)c(F)c(OCC(F)(F)OC(F)(F)C(F)(F)OC(F)(F)C(F)(F)OC(F)(F)COc2c(F)c(F)c(C=C)c(F)c2F)c(F)c1F. The first kappa shape index (κ1) is 41.2. The molecule has 276 valence electrons. The molecular weight excluding hydrogens is 748 g/mol. The molecular formula is C24H10F20O5. The maximum atomic E-state index is 13.8. The fourth-order valence-corrected chi connectivity index (χ4v) is 3.01. The second-order valence-electron chi connectivity index (χ2n) is 8.63. The summed E-state index contributed by atoms with van der Waals surface area (Å²) in [6.45, 7) is -0.721. The van der Waals surface area contributed by atoms with Crippen molar-refractivity contribution in [3.63, 3.8) is 0 Å². The van der Waals surface area contributed by atoms with Crippen LogP contribution in [0.4, 0.5) is 87.8 Å². The van der Waals surface area contributed by atoms with Gasteiger partial charge in [0.25, 0.3) is 0 Å². The normalized spacial score (nSPS) is 13.5. The lowest BCUT2D eigenvalue weighted by molar-refractivity contribution is -0.557. The van der Waals surface area contributed by atoms with E-state index in [1.807, 2.05) is 0 Å². The van der Waals surface area contributed by atoms with Crippen molar-refractivity contribution in [1.29, 1.82) is 0 Å². The molecule has 0 atom stereocenters. The highest BCUT2D eigenvalue weighted by molar-refractivity contribution is 5.52. The summed E-state index contributed by atoms with van der Waals surface area (Å²) in [5, 5.41) is 0. The Hall–Kier alpha value is -4.00. The fourth-order valence-electron chi connectivity index (χ4n) is 3.01. The van der Waals surface area contributed by atoms with Crippen LogP contribution in [0.25, 0.3) is 12.2 Å². The molecule has 0 aliphatic carbocycles. The maximum absolute atomic E-state index is 13.8. The van der Waals surface area contributed by atoms with Crippen LogP contribution < -0.4 is 9.47 Å². The van der Waals surface area contributed by atoms with Crippen molar-refractivity contribution in [2.24, 2.45) is 0 Å². The minimum Gasteiger partial charge on any atom is -0.478 e.